The topological polar surface area (TPSA) is 236 Å². The number of fused-ring (bicyclic) bond motifs is 2. The van der Waals surface area contributed by atoms with E-state index in [4.69, 9.17) is 16.3 Å². The van der Waals surface area contributed by atoms with Crippen LogP contribution in [0.4, 0.5) is 17.1 Å². The number of carbonyl (C=O) groups is 4. The summed E-state index contributed by atoms with van der Waals surface area (Å²) in [6.07, 6.45) is 10.7. The smallest absolute Gasteiger partial charge is 0.293 e. The summed E-state index contributed by atoms with van der Waals surface area (Å²) in [4.78, 5) is 82.6. The van der Waals surface area contributed by atoms with Crippen molar-refractivity contribution < 1.29 is 37.3 Å². The third-order valence-electron chi connectivity index (χ3n) is 18.8. The monoisotopic (exact) mass is 1300 g/mol. The minimum absolute atomic E-state index is 0.0518. The highest BCUT2D eigenvalue weighted by atomic mass is 79.9. The lowest BCUT2D eigenvalue weighted by Gasteiger charge is -2.45. The number of anilines is 2. The molecule has 0 bridgehead atoms. The highest BCUT2D eigenvalue weighted by molar-refractivity contribution is 9.10. The van der Waals surface area contributed by atoms with Crippen LogP contribution in [-0.4, -0.2) is 144 Å². The number of aromatic amines is 1. The van der Waals surface area contributed by atoms with Crippen molar-refractivity contribution in [3.63, 3.8) is 0 Å². The molecule has 2 aliphatic carbocycles. The van der Waals surface area contributed by atoms with E-state index in [0.29, 0.717) is 62.1 Å². The largest absolute Gasteiger partial charge is 0.455 e. The first-order valence-corrected chi connectivity index (χ1v) is 33.1. The van der Waals surface area contributed by atoms with Gasteiger partial charge in [-0.15, -0.1) is 0 Å². The number of pyridine rings is 1. The summed E-state index contributed by atoms with van der Waals surface area (Å²) < 4.78 is 37.5. The van der Waals surface area contributed by atoms with E-state index >= 15 is 0 Å². The van der Waals surface area contributed by atoms with Crippen molar-refractivity contribution in [2.45, 2.75) is 115 Å². The van der Waals surface area contributed by atoms with E-state index in [2.05, 4.69) is 99.8 Å². The summed E-state index contributed by atoms with van der Waals surface area (Å²) in [5, 5.41) is 19.7. The van der Waals surface area contributed by atoms with Gasteiger partial charge in [0.05, 0.1) is 21.6 Å². The molecular weight excluding hydrogens is 1230 g/mol. The highest BCUT2D eigenvalue weighted by Gasteiger charge is 2.41. The number of hydrogen-bond acceptors (Lipinski definition) is 15. The molecular formula is C65H73BrClN11O9S. The number of hydrogen-bond donors (Lipinski definition) is 4. The van der Waals surface area contributed by atoms with Gasteiger partial charge in [0.2, 0.25) is 11.8 Å². The summed E-state index contributed by atoms with van der Waals surface area (Å²) in [5.74, 6) is -1.21. The molecule has 88 heavy (non-hydrogen) atoms. The number of aromatic nitrogens is 2. The minimum atomic E-state index is -4.63. The molecule has 462 valence electrons. The van der Waals surface area contributed by atoms with Crippen molar-refractivity contribution >= 4 is 94.9 Å². The molecule has 0 radical (unpaired) electrons. The number of sulfonamides is 1. The van der Waals surface area contributed by atoms with Crippen molar-refractivity contribution in [2.75, 3.05) is 69.1 Å². The summed E-state index contributed by atoms with van der Waals surface area (Å²) in [6, 6.07) is 24.5. The van der Waals surface area contributed by atoms with Gasteiger partial charge in [-0.1, -0.05) is 59.1 Å². The Labute approximate surface area is 525 Å². The van der Waals surface area contributed by atoms with Gasteiger partial charge in [0, 0.05) is 135 Å². The van der Waals surface area contributed by atoms with Gasteiger partial charge in [0.25, 0.3) is 27.5 Å². The molecule has 4 N–H and O–H groups in total. The molecule has 4 amide bonds. The van der Waals surface area contributed by atoms with Crippen molar-refractivity contribution in [1.29, 1.82) is 0 Å². The molecule has 6 aromatic rings. The lowest BCUT2D eigenvalue weighted by Crippen LogP contribution is -2.55. The maximum absolute atomic E-state index is 14.2. The number of piperidine rings is 1. The molecule has 6 aliphatic rings. The first kappa shape index (κ1) is 61.0. The van der Waals surface area contributed by atoms with E-state index in [9.17, 15) is 37.7 Å². The van der Waals surface area contributed by atoms with Crippen LogP contribution in [0.15, 0.2) is 112 Å². The molecule has 23 heteroatoms. The van der Waals surface area contributed by atoms with E-state index in [0.717, 1.165) is 122 Å². The molecule has 4 aliphatic heterocycles. The van der Waals surface area contributed by atoms with Gasteiger partial charge < -0.3 is 24.8 Å². The Balaban J connectivity index is 0.654. The van der Waals surface area contributed by atoms with Gasteiger partial charge in [-0.05, 0) is 153 Å². The highest BCUT2D eigenvalue weighted by Crippen LogP contribution is 2.44. The van der Waals surface area contributed by atoms with Crippen LogP contribution in [0, 0.1) is 21.4 Å². The van der Waals surface area contributed by atoms with Crippen LogP contribution in [-0.2, 0) is 32.7 Å². The standard InChI is InChI=1S/C65H73BrClN11O9S/c1-40-36-76(27-26-75(40)37-42-28-52-54(55(66)29-42)39-77(64(52)82)57-16-17-60(79)71-63(57)81)47-10-4-41(5-11-47)34-69-56-15-13-50(32-58(56)78(83)84)88(85,86)72-62(80)51-14-12-48(31-59(51)87-49-30-44-19-21-68-61(44)70-35-49)74-24-22-73(23-25-74)38-45-18-20-65(2,3)33-53(45)43-6-8-46(67)9-7-43/h6-9,12-15,19,21,28-32,35,40-41,47,57,69H,4-5,10-11,16-18,20,22-27,33-34,36-39H2,1-3H3,(H,68,70)(H,72,80)(H,71,79,81)/t40-,41-,47-,57?/m1/s1. The molecule has 4 fully saturated rings. The second-order valence-electron chi connectivity index (χ2n) is 25.3. The van der Waals surface area contributed by atoms with Crippen molar-refractivity contribution in [3.8, 4) is 11.5 Å². The number of halogens is 2. The fraction of sp³-hybridized carbons (Fsp3) is 0.431. The molecule has 6 heterocycles. The molecule has 0 spiro atoms. The third-order valence-corrected chi connectivity index (χ3v) is 21.1. The number of nitro groups is 1. The predicted molar refractivity (Wildman–Crippen MR) is 341 cm³/mol. The Hall–Kier alpha value is -7.21. The molecule has 1 unspecified atom stereocenters. The minimum Gasteiger partial charge on any atom is -0.455 e. The lowest BCUT2D eigenvalue weighted by atomic mass is 9.72. The van der Waals surface area contributed by atoms with Gasteiger partial charge in [0.15, 0.2) is 0 Å². The van der Waals surface area contributed by atoms with E-state index in [-0.39, 0.29) is 52.6 Å². The zero-order valence-electron chi connectivity index (χ0n) is 49.7. The molecule has 20 nitrogen and oxygen atoms in total. The van der Waals surface area contributed by atoms with Gasteiger partial charge >= 0.3 is 0 Å². The second kappa shape index (κ2) is 25.3. The Kier molecular flexibility index (Phi) is 17.6. The zero-order chi connectivity index (χ0) is 61.6. The van der Waals surface area contributed by atoms with Gasteiger partial charge in [-0.2, -0.15) is 0 Å². The SMILES string of the molecule is C[C@@H]1CN([C@H]2CC[C@H](CNc3ccc(S(=O)(=O)NC(=O)c4ccc(N5CCN(CC6=C(c7ccc(Cl)cc7)CC(C)(C)CC6)CC5)cc4Oc4cnc5[nH]ccc5c4)cc3[N+](=O)[O-])CC2)CCN1Cc1cc(Br)c2c(c1)C(=O)N(C1CCC(=O)NC1=O)C2. The van der Waals surface area contributed by atoms with Crippen molar-refractivity contribution in [3.05, 3.63) is 150 Å². The number of ether oxygens (including phenoxy) is 1. The van der Waals surface area contributed by atoms with Crippen LogP contribution in [0.2, 0.25) is 5.02 Å². The van der Waals surface area contributed by atoms with Crippen LogP contribution in [0.1, 0.15) is 116 Å². The number of allylic oxidation sites excluding steroid dienone is 1. The average Bonchev–Trinajstić information content (AvgIpc) is 2.41. The normalized spacial score (nSPS) is 22.2. The molecule has 12 rings (SSSR count). The van der Waals surface area contributed by atoms with Gasteiger partial charge in [-0.25, -0.2) is 18.1 Å². The van der Waals surface area contributed by atoms with Crippen LogP contribution < -0.4 is 25.0 Å². The molecule has 1 saturated carbocycles. The van der Waals surface area contributed by atoms with Crippen molar-refractivity contribution in [2.24, 2.45) is 11.3 Å². The fourth-order valence-electron chi connectivity index (χ4n) is 13.8. The number of imide groups is 1. The summed E-state index contributed by atoms with van der Waals surface area (Å²) in [7, 11) is -4.63. The van der Waals surface area contributed by atoms with Gasteiger partial charge in [0.1, 0.15) is 28.9 Å². The molecule has 3 saturated heterocycles. The molecule has 4 aromatic carbocycles. The second-order valence-corrected chi connectivity index (χ2v) is 28.3. The number of carbonyl (C=O) groups excluding carboxylic acids is 4. The number of benzene rings is 4. The maximum Gasteiger partial charge on any atom is 0.293 e. The first-order chi connectivity index (χ1) is 42.2. The number of nitrogens with one attached hydrogen (secondary N) is 4. The number of nitro benzene ring substituents is 1. The Morgan fingerprint density at radius 2 is 1.69 bits per heavy atom. The third kappa shape index (κ3) is 13.4. The fourth-order valence-corrected chi connectivity index (χ4v) is 15.5. The number of amides is 4. The molecule has 2 aromatic heterocycles. The number of H-pyrrole nitrogens is 1. The maximum atomic E-state index is 14.2. The predicted octanol–water partition coefficient (Wildman–Crippen LogP) is 10.5. The quantitative estimate of drug-likeness (QED) is 0.0378. The molecule has 2 atom stereocenters. The Morgan fingerprint density at radius 3 is 2.44 bits per heavy atom. The van der Waals surface area contributed by atoms with E-state index < -0.39 is 43.4 Å². The van der Waals surface area contributed by atoms with E-state index in [1.54, 1.807) is 35.4 Å². The first-order valence-electron chi connectivity index (χ1n) is 30.4. The lowest BCUT2D eigenvalue weighted by molar-refractivity contribution is -0.384. The van der Waals surface area contributed by atoms with E-state index in [1.807, 2.05) is 24.3 Å². The van der Waals surface area contributed by atoms with Crippen molar-refractivity contribution in [1.82, 2.24) is 39.6 Å². The van der Waals surface area contributed by atoms with Crippen LogP contribution >= 0.6 is 27.5 Å². The van der Waals surface area contributed by atoms with Crippen LogP contribution in [0.5, 0.6) is 11.5 Å². The Bertz CT molecular complexity index is 3860. The number of piperazine rings is 2. The Morgan fingerprint density at radius 1 is 0.909 bits per heavy atom. The number of nitrogens with zero attached hydrogens (tertiary/aromatic N) is 7. The van der Waals surface area contributed by atoms with E-state index in [1.165, 1.54) is 35.0 Å². The zero-order valence-corrected chi connectivity index (χ0v) is 52.8. The summed E-state index contributed by atoms with van der Waals surface area (Å²) >= 11 is 9.98. The average molecular weight is 1300 g/mol. The number of rotatable bonds is 17. The van der Waals surface area contributed by atoms with Gasteiger partial charge in [-0.3, -0.25) is 49.3 Å². The summed E-state index contributed by atoms with van der Waals surface area (Å²) in [6.45, 7) is 14.9. The van der Waals surface area contributed by atoms with Crippen LogP contribution in [0.3, 0.4) is 0 Å². The summed E-state index contributed by atoms with van der Waals surface area (Å²) in [5.41, 5.74) is 7.89. The van der Waals surface area contributed by atoms with Crippen LogP contribution in [0.25, 0.3) is 16.6 Å².